The van der Waals surface area contributed by atoms with E-state index >= 15 is 0 Å². The first-order chi connectivity index (χ1) is 5.91. The molecule has 0 bridgehead atoms. The molecule has 1 aromatic heterocycles. The van der Waals surface area contributed by atoms with Gasteiger partial charge in [0.1, 0.15) is 0 Å². The summed E-state index contributed by atoms with van der Waals surface area (Å²) in [4.78, 5) is 3.95. The molecule has 72 valence electrons. The molecule has 1 heterocycles. The number of aromatic nitrogens is 1. The van der Waals surface area contributed by atoms with Gasteiger partial charge in [0.25, 0.3) is 0 Å². The van der Waals surface area contributed by atoms with Gasteiger partial charge in [-0.1, -0.05) is 0 Å². The van der Waals surface area contributed by atoms with Crippen molar-refractivity contribution >= 4 is 11.1 Å². The highest BCUT2D eigenvalue weighted by Crippen LogP contribution is 2.19. The maximum absolute atomic E-state index is 10.7. The van der Waals surface area contributed by atoms with Crippen LogP contribution in [0.15, 0.2) is 23.4 Å². The zero-order chi connectivity index (χ0) is 10.1. The molecule has 0 aliphatic carbocycles. The Bertz CT molecular complexity index is 332. The summed E-state index contributed by atoms with van der Waals surface area (Å²) in [6, 6.07) is 1.46. The van der Waals surface area contributed by atoms with Gasteiger partial charge in [-0.05, 0) is 19.9 Å². The van der Waals surface area contributed by atoms with Crippen LogP contribution in [-0.4, -0.2) is 18.9 Å². The van der Waals surface area contributed by atoms with Gasteiger partial charge in [0, 0.05) is 18.0 Å². The quantitative estimate of drug-likeness (QED) is 0.697. The molecule has 5 heteroatoms. The Morgan fingerprint density at radius 3 is 2.54 bits per heavy atom. The highest BCUT2D eigenvalue weighted by atomic mass is 32.2. The van der Waals surface area contributed by atoms with Crippen molar-refractivity contribution in [2.24, 2.45) is 0 Å². The Kier molecular flexibility index (Phi) is 2.80. The van der Waals surface area contributed by atoms with Crippen LogP contribution in [0, 0.1) is 0 Å². The van der Waals surface area contributed by atoms with Crippen molar-refractivity contribution in [3.05, 3.63) is 24.0 Å². The van der Waals surface area contributed by atoms with Gasteiger partial charge in [0.05, 0.1) is 10.5 Å². The molecule has 0 spiro atoms. The molecule has 0 amide bonds. The van der Waals surface area contributed by atoms with Crippen LogP contribution in [-0.2, 0) is 16.7 Å². The first kappa shape index (κ1) is 10.3. The summed E-state index contributed by atoms with van der Waals surface area (Å²) >= 11 is -2.05. The van der Waals surface area contributed by atoms with Crippen LogP contribution >= 0.6 is 0 Å². The van der Waals surface area contributed by atoms with E-state index in [1.54, 1.807) is 13.8 Å². The van der Waals surface area contributed by atoms with Crippen molar-refractivity contribution in [2.45, 2.75) is 24.3 Å². The largest absolute Gasteiger partial charge is 0.386 e. The van der Waals surface area contributed by atoms with E-state index in [0.717, 1.165) is 0 Å². The lowest BCUT2D eigenvalue weighted by Gasteiger charge is -2.17. The van der Waals surface area contributed by atoms with Gasteiger partial charge in [-0.15, -0.1) is 0 Å². The van der Waals surface area contributed by atoms with Gasteiger partial charge in [0.15, 0.2) is 11.1 Å². The number of hydrogen-bond donors (Lipinski definition) is 2. The van der Waals surface area contributed by atoms with Crippen LogP contribution in [0.2, 0.25) is 0 Å². The van der Waals surface area contributed by atoms with E-state index < -0.39 is 16.7 Å². The maximum Gasteiger partial charge on any atom is 0.188 e. The first-order valence-corrected chi connectivity index (χ1v) is 4.80. The molecule has 0 aliphatic heterocycles. The van der Waals surface area contributed by atoms with Crippen molar-refractivity contribution in [3.8, 4) is 0 Å². The van der Waals surface area contributed by atoms with Crippen LogP contribution in [0.4, 0.5) is 0 Å². The molecule has 1 rings (SSSR count). The van der Waals surface area contributed by atoms with Gasteiger partial charge in [-0.2, -0.15) is 0 Å². The predicted octanol–water partition coefficient (Wildman–Crippen LogP) is 0.890. The molecule has 4 nitrogen and oxygen atoms in total. The fourth-order valence-corrected chi connectivity index (χ4v) is 1.23. The van der Waals surface area contributed by atoms with Gasteiger partial charge in [-0.3, -0.25) is 4.98 Å². The van der Waals surface area contributed by atoms with Crippen LogP contribution < -0.4 is 0 Å². The lowest BCUT2D eigenvalue weighted by atomic mass is 10.0. The second-order valence-corrected chi connectivity index (χ2v) is 4.19. The molecule has 2 N–H and O–H groups in total. The van der Waals surface area contributed by atoms with E-state index in [4.69, 9.17) is 4.55 Å². The van der Waals surface area contributed by atoms with Crippen LogP contribution in [0.5, 0.6) is 0 Å². The van der Waals surface area contributed by atoms with Crippen molar-refractivity contribution in [2.75, 3.05) is 0 Å². The van der Waals surface area contributed by atoms with E-state index in [1.165, 1.54) is 18.5 Å². The van der Waals surface area contributed by atoms with E-state index in [-0.39, 0.29) is 4.90 Å². The number of nitrogens with zero attached hydrogens (tertiary/aromatic N) is 1. The molecule has 0 aliphatic rings. The third-order valence-electron chi connectivity index (χ3n) is 1.62. The van der Waals surface area contributed by atoms with Crippen LogP contribution in [0.3, 0.4) is 0 Å². The van der Waals surface area contributed by atoms with Gasteiger partial charge >= 0.3 is 0 Å². The molecule has 0 radical (unpaired) electrons. The fraction of sp³-hybridized carbons (Fsp3) is 0.375. The Morgan fingerprint density at radius 1 is 1.46 bits per heavy atom. The van der Waals surface area contributed by atoms with Gasteiger partial charge in [-0.25, -0.2) is 4.21 Å². The number of aliphatic hydroxyl groups is 1. The zero-order valence-corrected chi connectivity index (χ0v) is 8.21. The van der Waals surface area contributed by atoms with Crippen molar-refractivity contribution in [1.29, 1.82) is 0 Å². The Balaban J connectivity index is 3.13. The van der Waals surface area contributed by atoms with Crippen molar-refractivity contribution in [3.63, 3.8) is 0 Å². The number of pyridine rings is 1. The van der Waals surface area contributed by atoms with E-state index in [9.17, 15) is 9.32 Å². The SMILES string of the molecule is CC(C)(O)c1cncc(S(=O)O)c1. The summed E-state index contributed by atoms with van der Waals surface area (Å²) in [5, 5.41) is 9.57. The molecule has 1 unspecified atom stereocenters. The summed E-state index contributed by atoms with van der Waals surface area (Å²) < 4.78 is 19.4. The molecule has 0 aromatic carbocycles. The van der Waals surface area contributed by atoms with Crippen molar-refractivity contribution < 1.29 is 13.9 Å². The zero-order valence-electron chi connectivity index (χ0n) is 7.39. The number of rotatable bonds is 2. The highest BCUT2D eigenvalue weighted by Gasteiger charge is 2.17. The predicted molar refractivity (Wildman–Crippen MR) is 48.5 cm³/mol. The minimum atomic E-state index is -2.05. The summed E-state index contributed by atoms with van der Waals surface area (Å²) in [5.74, 6) is 0. The normalized spacial score (nSPS) is 14.2. The second-order valence-electron chi connectivity index (χ2n) is 3.22. The lowest BCUT2D eigenvalue weighted by molar-refractivity contribution is 0.0779. The second kappa shape index (κ2) is 3.53. The Labute approximate surface area is 78.9 Å². The molecule has 1 atom stereocenters. The van der Waals surface area contributed by atoms with E-state index in [1.807, 2.05) is 0 Å². The monoisotopic (exact) mass is 201 g/mol. The molecule has 0 saturated heterocycles. The lowest BCUT2D eigenvalue weighted by Crippen LogP contribution is -2.16. The average molecular weight is 201 g/mol. The molecule has 13 heavy (non-hydrogen) atoms. The molecular weight excluding hydrogens is 190 g/mol. The maximum atomic E-state index is 10.7. The molecule has 1 aromatic rings. The Morgan fingerprint density at radius 2 is 2.08 bits per heavy atom. The van der Waals surface area contributed by atoms with Crippen molar-refractivity contribution in [1.82, 2.24) is 4.98 Å². The molecular formula is C8H11NO3S. The summed E-state index contributed by atoms with van der Waals surface area (Å²) in [5.41, 5.74) is -0.519. The standard InChI is InChI=1S/C8H11NO3S/c1-8(2,10)6-3-7(13(11)12)5-9-4-6/h3-5,10H,1-2H3,(H,11,12). The first-order valence-electron chi connectivity index (χ1n) is 3.70. The third-order valence-corrected chi connectivity index (χ3v) is 2.25. The van der Waals surface area contributed by atoms with Crippen LogP contribution in [0.25, 0.3) is 0 Å². The highest BCUT2D eigenvalue weighted by molar-refractivity contribution is 7.79. The summed E-state index contributed by atoms with van der Waals surface area (Å²) in [6.45, 7) is 3.18. The minimum Gasteiger partial charge on any atom is -0.386 e. The third kappa shape index (κ3) is 2.58. The smallest absolute Gasteiger partial charge is 0.188 e. The van der Waals surface area contributed by atoms with E-state index in [0.29, 0.717) is 5.56 Å². The van der Waals surface area contributed by atoms with Gasteiger partial charge in [0.2, 0.25) is 0 Å². The number of hydrogen-bond acceptors (Lipinski definition) is 3. The summed E-state index contributed by atoms with van der Waals surface area (Å²) in [7, 11) is 0. The average Bonchev–Trinajstić information content (AvgIpc) is 2.03. The molecule has 0 saturated carbocycles. The Hall–Kier alpha value is -0.780. The summed E-state index contributed by atoms with van der Waals surface area (Å²) in [6.07, 6.45) is 2.77. The minimum absolute atomic E-state index is 0.194. The van der Waals surface area contributed by atoms with Crippen LogP contribution in [0.1, 0.15) is 19.4 Å². The molecule has 0 fully saturated rings. The van der Waals surface area contributed by atoms with E-state index in [2.05, 4.69) is 4.98 Å². The fourth-order valence-electron chi connectivity index (χ4n) is 0.849. The van der Waals surface area contributed by atoms with Gasteiger partial charge < -0.3 is 9.66 Å². The topological polar surface area (TPSA) is 70.4 Å².